The topological polar surface area (TPSA) is 177 Å². The minimum Gasteiger partial charge on any atom is -0.432 e. The number of nitrogens with one attached hydrogen (secondary N) is 2. The van der Waals surface area contributed by atoms with Crippen molar-refractivity contribution in [1.29, 1.82) is 0 Å². The van der Waals surface area contributed by atoms with Crippen molar-refractivity contribution in [2.75, 3.05) is 6.61 Å². The minimum atomic E-state index is -3.50. The quantitative estimate of drug-likeness (QED) is 0.158. The van der Waals surface area contributed by atoms with E-state index in [9.17, 15) is 24.9 Å². The third-order valence-electron chi connectivity index (χ3n) is 6.29. The maximum absolute atomic E-state index is 12.3. The summed E-state index contributed by atoms with van der Waals surface area (Å²) in [6.45, 7) is 2.64. The van der Waals surface area contributed by atoms with Gasteiger partial charge in [-0.25, -0.2) is 9.88 Å². The van der Waals surface area contributed by atoms with Crippen LogP contribution in [0.4, 0.5) is 0 Å². The Morgan fingerprint density at radius 2 is 2.00 bits per heavy atom. The number of benzene rings is 1. The number of aromatic nitrogens is 3. The number of pyridine rings is 1. The molecule has 2 aromatic heterocycles. The molecule has 0 aliphatic carbocycles. The molecule has 5 N–H and O–H groups in total. The number of nitrogens with zero attached hydrogens (tertiary/aromatic N) is 2. The van der Waals surface area contributed by atoms with Crippen molar-refractivity contribution < 1.29 is 33.8 Å². The molecule has 4 rings (SSSR count). The molecule has 0 bridgehead atoms. The number of aromatic amines is 1. The molecule has 1 aliphatic rings. The van der Waals surface area contributed by atoms with Crippen molar-refractivity contribution >= 4 is 29.4 Å². The fourth-order valence-electron chi connectivity index (χ4n) is 4.25. The van der Waals surface area contributed by atoms with Gasteiger partial charge in [-0.1, -0.05) is 6.07 Å². The Hall–Kier alpha value is -2.52. The molecule has 3 aromatic rings. The number of hydrogen-bond donors (Lipinski definition) is 5. The van der Waals surface area contributed by atoms with E-state index in [1.54, 1.807) is 45.2 Å². The Bertz CT molecular complexity index is 1490. The molecule has 0 radical (unpaired) electrons. The minimum absolute atomic E-state index is 0.263. The standard InChI is InChI=1S/C25H33N4O9PS/c1-14(2)36-22(32)15(3)28-39(40,38-18-9-5-8-17-16(18)7-6-11-26-17)35-13-19-21(31)25(4,34)23(37-19)29-12-10-20(30)27-24(29)33/h5-12,14-15,19,21-23,31-32,34H,13H2,1-4H3,(H,28,40)(H,27,30,33)/t15?,19-,21-,22?,23-,25-,39?/m1/s1. The zero-order valence-corrected chi connectivity index (χ0v) is 24.0. The number of hydrogen-bond acceptors (Lipinski definition) is 11. The molecule has 40 heavy (non-hydrogen) atoms. The normalized spacial score (nSPS) is 26.1. The fourth-order valence-corrected chi connectivity index (χ4v) is 6.74. The summed E-state index contributed by atoms with van der Waals surface area (Å²) in [6, 6.07) is 9.19. The van der Waals surface area contributed by atoms with Crippen LogP contribution in [-0.4, -0.2) is 72.7 Å². The van der Waals surface area contributed by atoms with Crippen LogP contribution >= 0.6 is 6.64 Å². The molecule has 7 atom stereocenters. The molecule has 1 aliphatic heterocycles. The summed E-state index contributed by atoms with van der Waals surface area (Å²) >= 11 is 5.82. The van der Waals surface area contributed by atoms with E-state index in [0.29, 0.717) is 16.7 Å². The average Bonchev–Trinajstić information content (AvgIpc) is 3.11. The summed E-state index contributed by atoms with van der Waals surface area (Å²) in [5.74, 6) is 0.380. The number of ether oxygens (including phenoxy) is 2. The first-order chi connectivity index (χ1) is 18.8. The second-order valence-electron chi connectivity index (χ2n) is 9.92. The number of aliphatic hydroxyl groups excluding tert-OH is 2. The number of aliphatic hydroxyl groups is 3. The highest BCUT2D eigenvalue weighted by atomic mass is 32.5. The average molecular weight is 597 g/mol. The smallest absolute Gasteiger partial charge is 0.330 e. The van der Waals surface area contributed by atoms with Gasteiger partial charge in [-0.15, -0.1) is 0 Å². The van der Waals surface area contributed by atoms with Gasteiger partial charge in [0.1, 0.15) is 23.6 Å². The largest absolute Gasteiger partial charge is 0.432 e. The van der Waals surface area contributed by atoms with Crippen LogP contribution < -0.4 is 20.9 Å². The first-order valence-corrected chi connectivity index (χ1v) is 15.2. The molecular formula is C25H33N4O9PS. The van der Waals surface area contributed by atoms with Gasteiger partial charge in [0, 0.05) is 23.8 Å². The van der Waals surface area contributed by atoms with E-state index in [-0.39, 0.29) is 12.7 Å². The zero-order valence-electron chi connectivity index (χ0n) is 22.3. The van der Waals surface area contributed by atoms with Gasteiger partial charge in [-0.05, 0) is 63.8 Å². The molecular weight excluding hydrogens is 563 g/mol. The molecule has 1 fully saturated rings. The van der Waals surface area contributed by atoms with Crippen LogP contribution in [-0.2, 0) is 25.8 Å². The van der Waals surface area contributed by atoms with E-state index in [1.165, 1.54) is 6.92 Å². The van der Waals surface area contributed by atoms with Gasteiger partial charge < -0.3 is 33.8 Å². The van der Waals surface area contributed by atoms with Crippen LogP contribution in [0, 0.1) is 0 Å². The predicted octanol–water partition coefficient (Wildman–Crippen LogP) is 1.14. The molecule has 3 heterocycles. The first kappa shape index (κ1) is 30.4. The highest BCUT2D eigenvalue weighted by Gasteiger charge is 2.54. The molecule has 1 aromatic carbocycles. The van der Waals surface area contributed by atoms with Gasteiger partial charge in [0.25, 0.3) is 5.56 Å². The van der Waals surface area contributed by atoms with E-state index in [4.69, 9.17) is 30.3 Å². The van der Waals surface area contributed by atoms with Gasteiger partial charge >= 0.3 is 12.3 Å². The van der Waals surface area contributed by atoms with Crippen molar-refractivity contribution in [2.45, 2.75) is 70.2 Å². The Labute approximate surface area is 234 Å². The van der Waals surface area contributed by atoms with Crippen LogP contribution in [0.2, 0.25) is 0 Å². The molecule has 1 saturated heterocycles. The van der Waals surface area contributed by atoms with Gasteiger partial charge in [0.15, 0.2) is 12.5 Å². The summed E-state index contributed by atoms with van der Waals surface area (Å²) in [6.07, 6.45) is -2.68. The highest BCUT2D eigenvalue weighted by molar-refractivity contribution is 8.09. The summed E-state index contributed by atoms with van der Waals surface area (Å²) in [5.41, 5.74) is -2.70. The van der Waals surface area contributed by atoms with Gasteiger partial charge in [-0.3, -0.25) is 19.3 Å². The lowest BCUT2D eigenvalue weighted by atomic mass is 9.96. The Balaban J connectivity index is 1.59. The molecule has 218 valence electrons. The van der Waals surface area contributed by atoms with Crippen molar-refractivity contribution in [3.8, 4) is 5.75 Å². The van der Waals surface area contributed by atoms with Crippen molar-refractivity contribution in [2.24, 2.45) is 0 Å². The lowest BCUT2D eigenvalue weighted by molar-refractivity contribution is -0.137. The van der Waals surface area contributed by atoms with Gasteiger partial charge in [0.2, 0.25) is 0 Å². The molecule has 3 unspecified atom stereocenters. The van der Waals surface area contributed by atoms with Crippen LogP contribution in [0.5, 0.6) is 5.75 Å². The van der Waals surface area contributed by atoms with Crippen LogP contribution in [0.1, 0.15) is 33.9 Å². The third kappa shape index (κ3) is 6.68. The lowest BCUT2D eigenvalue weighted by Gasteiger charge is -2.31. The maximum Gasteiger partial charge on any atom is 0.330 e. The predicted molar refractivity (Wildman–Crippen MR) is 149 cm³/mol. The first-order valence-electron chi connectivity index (χ1n) is 12.6. The van der Waals surface area contributed by atoms with E-state index < -0.39 is 54.3 Å². The van der Waals surface area contributed by atoms with Crippen molar-refractivity contribution in [3.05, 3.63) is 69.6 Å². The molecule has 15 heteroatoms. The molecule has 0 spiro atoms. The Morgan fingerprint density at radius 3 is 2.70 bits per heavy atom. The van der Waals surface area contributed by atoms with E-state index in [2.05, 4.69) is 15.1 Å². The Kier molecular flexibility index (Phi) is 9.25. The number of rotatable bonds is 11. The molecule has 0 saturated carbocycles. The SMILES string of the molecule is CC(C)OC(O)C(C)NP(=S)(OC[C@H]1O[C@@H](n2ccc(=O)[nH]c2=O)[C@](C)(O)[C@@H]1O)Oc1cccc2ncccc12. The van der Waals surface area contributed by atoms with Gasteiger partial charge in [-0.2, -0.15) is 0 Å². The van der Waals surface area contributed by atoms with Crippen molar-refractivity contribution in [1.82, 2.24) is 19.6 Å². The fraction of sp³-hybridized carbons (Fsp3) is 0.480. The zero-order chi connectivity index (χ0) is 29.2. The summed E-state index contributed by atoms with van der Waals surface area (Å²) in [4.78, 5) is 30.2. The molecule has 13 nitrogen and oxygen atoms in total. The highest BCUT2D eigenvalue weighted by Crippen LogP contribution is 2.48. The summed E-state index contributed by atoms with van der Waals surface area (Å²) in [7, 11) is 0. The molecule has 0 amide bonds. The van der Waals surface area contributed by atoms with E-state index in [1.807, 2.05) is 12.1 Å². The monoisotopic (exact) mass is 596 g/mol. The third-order valence-corrected chi connectivity index (χ3v) is 8.80. The van der Waals surface area contributed by atoms with Crippen LogP contribution in [0.15, 0.2) is 58.4 Å². The van der Waals surface area contributed by atoms with E-state index in [0.717, 1.165) is 16.8 Å². The summed E-state index contributed by atoms with van der Waals surface area (Å²) < 4.78 is 24.6. The van der Waals surface area contributed by atoms with Crippen LogP contribution in [0.3, 0.4) is 0 Å². The lowest BCUT2D eigenvalue weighted by Crippen LogP contribution is -2.47. The number of fused-ring (bicyclic) bond motifs is 1. The number of H-pyrrole nitrogens is 1. The van der Waals surface area contributed by atoms with Gasteiger partial charge in [0.05, 0.1) is 24.3 Å². The van der Waals surface area contributed by atoms with Crippen LogP contribution in [0.25, 0.3) is 10.9 Å². The maximum atomic E-state index is 12.3. The second-order valence-corrected chi connectivity index (χ2v) is 13.1. The summed E-state index contributed by atoms with van der Waals surface area (Å²) in [5, 5.41) is 36.1. The van der Waals surface area contributed by atoms with E-state index >= 15 is 0 Å². The van der Waals surface area contributed by atoms with Crippen molar-refractivity contribution in [3.63, 3.8) is 0 Å². The second kappa shape index (κ2) is 12.1. The Morgan fingerprint density at radius 1 is 1.25 bits per heavy atom.